The van der Waals surface area contributed by atoms with E-state index in [1.165, 1.54) is 0 Å². The van der Waals surface area contributed by atoms with Crippen molar-refractivity contribution in [3.63, 3.8) is 0 Å². The number of nitrogens with two attached hydrogens (primary N) is 1. The molecular formula is C12H16ClNO2. The van der Waals surface area contributed by atoms with Crippen molar-refractivity contribution < 1.29 is 9.90 Å². The molecule has 1 unspecified atom stereocenters. The smallest absolute Gasteiger partial charge is 0.304 e. The molecule has 1 aromatic carbocycles. The number of hydrogen-bond donors (Lipinski definition) is 2. The molecule has 0 bridgehead atoms. The van der Waals surface area contributed by atoms with Gasteiger partial charge in [0, 0.05) is 10.9 Å². The molecule has 0 amide bonds. The van der Waals surface area contributed by atoms with Crippen LogP contribution < -0.4 is 5.73 Å². The molecule has 16 heavy (non-hydrogen) atoms. The highest BCUT2D eigenvalue weighted by Gasteiger charge is 2.17. The van der Waals surface area contributed by atoms with Gasteiger partial charge < -0.3 is 10.8 Å². The molecule has 1 atom stereocenters. The third-order valence-electron chi connectivity index (χ3n) is 2.67. The molecule has 1 aromatic rings. The zero-order chi connectivity index (χ0) is 12.3. The summed E-state index contributed by atoms with van der Waals surface area (Å²) in [6, 6.07) is 3.83. The van der Waals surface area contributed by atoms with Gasteiger partial charge >= 0.3 is 5.97 Å². The Hall–Kier alpha value is -1.06. The third-order valence-corrected chi connectivity index (χ3v) is 3.07. The first-order valence-corrected chi connectivity index (χ1v) is 5.52. The minimum Gasteiger partial charge on any atom is -0.481 e. The second kappa shape index (κ2) is 5.32. The Morgan fingerprint density at radius 1 is 1.50 bits per heavy atom. The van der Waals surface area contributed by atoms with E-state index in [9.17, 15) is 4.79 Å². The summed E-state index contributed by atoms with van der Waals surface area (Å²) in [4.78, 5) is 10.7. The van der Waals surface area contributed by atoms with Crippen LogP contribution in [0.3, 0.4) is 0 Å². The maximum atomic E-state index is 10.7. The standard InChI is InChI=1S/C12H16ClNO2/c1-7-3-10(8(2)11(13)4-7)9(6-14)5-12(15)16/h3-4,9H,5-6,14H2,1-2H3,(H,15,16). The quantitative estimate of drug-likeness (QED) is 0.851. The minimum atomic E-state index is -0.840. The highest BCUT2D eigenvalue weighted by atomic mass is 35.5. The predicted octanol–water partition coefficient (Wildman–Crippen LogP) is 2.47. The first-order valence-electron chi connectivity index (χ1n) is 5.14. The maximum absolute atomic E-state index is 10.7. The number of rotatable bonds is 4. The van der Waals surface area contributed by atoms with Gasteiger partial charge in [-0.2, -0.15) is 0 Å². The van der Waals surface area contributed by atoms with Crippen molar-refractivity contribution in [3.05, 3.63) is 33.8 Å². The molecule has 3 nitrogen and oxygen atoms in total. The van der Waals surface area contributed by atoms with E-state index in [0.29, 0.717) is 11.6 Å². The molecule has 0 radical (unpaired) electrons. The maximum Gasteiger partial charge on any atom is 0.304 e. The molecule has 88 valence electrons. The Labute approximate surface area is 100 Å². The summed E-state index contributed by atoms with van der Waals surface area (Å²) >= 11 is 6.07. The van der Waals surface area contributed by atoms with Gasteiger partial charge in [-0.15, -0.1) is 0 Å². The van der Waals surface area contributed by atoms with Crippen LogP contribution in [0.25, 0.3) is 0 Å². The number of carboxylic acid groups (broad SMARTS) is 1. The summed E-state index contributed by atoms with van der Waals surface area (Å²) in [5.41, 5.74) is 8.50. The van der Waals surface area contributed by atoms with Crippen LogP contribution in [0.2, 0.25) is 5.02 Å². The Balaban J connectivity index is 3.13. The van der Waals surface area contributed by atoms with Gasteiger partial charge in [0.2, 0.25) is 0 Å². The fraction of sp³-hybridized carbons (Fsp3) is 0.417. The van der Waals surface area contributed by atoms with Crippen LogP contribution in [-0.2, 0) is 4.79 Å². The Kier molecular flexibility index (Phi) is 4.33. The van der Waals surface area contributed by atoms with Gasteiger partial charge in [-0.1, -0.05) is 17.7 Å². The van der Waals surface area contributed by atoms with Crippen LogP contribution in [0.5, 0.6) is 0 Å². The summed E-state index contributed by atoms with van der Waals surface area (Å²) in [6.45, 7) is 4.14. The number of carbonyl (C=O) groups is 1. The average molecular weight is 242 g/mol. The molecule has 0 saturated heterocycles. The first kappa shape index (κ1) is 13.0. The van der Waals surface area contributed by atoms with E-state index in [1.807, 2.05) is 26.0 Å². The lowest BCUT2D eigenvalue weighted by Crippen LogP contribution is -2.17. The van der Waals surface area contributed by atoms with Crippen molar-refractivity contribution in [1.29, 1.82) is 0 Å². The van der Waals surface area contributed by atoms with Gasteiger partial charge in [0.05, 0.1) is 6.42 Å². The van der Waals surface area contributed by atoms with Gasteiger partial charge in [-0.05, 0) is 43.1 Å². The van der Waals surface area contributed by atoms with E-state index >= 15 is 0 Å². The molecule has 0 spiro atoms. The minimum absolute atomic E-state index is 0.0388. The van der Waals surface area contributed by atoms with E-state index in [2.05, 4.69) is 0 Å². The van der Waals surface area contributed by atoms with E-state index in [0.717, 1.165) is 16.7 Å². The largest absolute Gasteiger partial charge is 0.481 e. The summed E-state index contributed by atoms with van der Waals surface area (Å²) in [7, 11) is 0. The molecule has 0 heterocycles. The van der Waals surface area contributed by atoms with Gasteiger partial charge in [0.25, 0.3) is 0 Å². The lowest BCUT2D eigenvalue weighted by Gasteiger charge is -2.17. The number of hydrogen-bond acceptors (Lipinski definition) is 2. The Morgan fingerprint density at radius 3 is 2.62 bits per heavy atom. The van der Waals surface area contributed by atoms with Crippen molar-refractivity contribution in [3.8, 4) is 0 Å². The van der Waals surface area contributed by atoms with Crippen LogP contribution in [0.1, 0.15) is 29.0 Å². The summed E-state index contributed by atoms with van der Waals surface area (Å²) in [5.74, 6) is -1.01. The predicted molar refractivity (Wildman–Crippen MR) is 65.0 cm³/mol. The Morgan fingerprint density at radius 2 is 2.12 bits per heavy atom. The van der Waals surface area contributed by atoms with E-state index in [4.69, 9.17) is 22.4 Å². The van der Waals surface area contributed by atoms with Crippen molar-refractivity contribution in [2.75, 3.05) is 6.54 Å². The van der Waals surface area contributed by atoms with Crippen LogP contribution in [0.4, 0.5) is 0 Å². The normalized spacial score (nSPS) is 12.5. The topological polar surface area (TPSA) is 63.3 Å². The van der Waals surface area contributed by atoms with E-state index < -0.39 is 5.97 Å². The van der Waals surface area contributed by atoms with Crippen molar-refractivity contribution in [2.45, 2.75) is 26.2 Å². The number of aliphatic carboxylic acids is 1. The van der Waals surface area contributed by atoms with Gasteiger partial charge in [0.15, 0.2) is 0 Å². The average Bonchev–Trinajstić information content (AvgIpc) is 2.20. The fourth-order valence-electron chi connectivity index (χ4n) is 1.80. The highest BCUT2D eigenvalue weighted by molar-refractivity contribution is 6.31. The van der Waals surface area contributed by atoms with Crippen molar-refractivity contribution in [1.82, 2.24) is 0 Å². The summed E-state index contributed by atoms with van der Waals surface area (Å²) in [5, 5.41) is 9.48. The van der Waals surface area contributed by atoms with E-state index in [-0.39, 0.29) is 12.3 Å². The molecule has 0 aromatic heterocycles. The highest BCUT2D eigenvalue weighted by Crippen LogP contribution is 2.28. The van der Waals surface area contributed by atoms with Crippen molar-refractivity contribution >= 4 is 17.6 Å². The molecule has 0 fully saturated rings. The molecule has 3 N–H and O–H groups in total. The first-order chi connectivity index (χ1) is 7.45. The molecule has 0 saturated carbocycles. The Bertz CT molecular complexity index is 404. The van der Waals surface area contributed by atoms with Crippen LogP contribution in [0, 0.1) is 13.8 Å². The lowest BCUT2D eigenvalue weighted by molar-refractivity contribution is -0.137. The van der Waals surface area contributed by atoms with Crippen molar-refractivity contribution in [2.24, 2.45) is 5.73 Å². The van der Waals surface area contributed by atoms with Crippen LogP contribution in [-0.4, -0.2) is 17.6 Å². The molecule has 4 heteroatoms. The molecule has 0 aliphatic carbocycles. The van der Waals surface area contributed by atoms with Gasteiger partial charge in [-0.25, -0.2) is 0 Å². The zero-order valence-electron chi connectivity index (χ0n) is 9.46. The third kappa shape index (κ3) is 2.97. The monoisotopic (exact) mass is 241 g/mol. The molecule has 0 aliphatic heterocycles. The molecule has 1 rings (SSSR count). The SMILES string of the molecule is Cc1cc(Cl)c(C)c(C(CN)CC(=O)O)c1. The number of aryl methyl sites for hydroxylation is 1. The lowest BCUT2D eigenvalue weighted by atomic mass is 9.91. The van der Waals surface area contributed by atoms with Gasteiger partial charge in [0.1, 0.15) is 0 Å². The number of halogens is 1. The fourth-order valence-corrected chi connectivity index (χ4v) is 2.08. The number of benzene rings is 1. The summed E-state index contributed by atoms with van der Waals surface area (Å²) in [6.07, 6.45) is 0.0388. The second-order valence-electron chi connectivity index (χ2n) is 3.99. The molecule has 0 aliphatic rings. The zero-order valence-corrected chi connectivity index (χ0v) is 10.2. The summed E-state index contributed by atoms with van der Waals surface area (Å²) < 4.78 is 0. The number of carboxylic acids is 1. The van der Waals surface area contributed by atoms with Crippen LogP contribution >= 0.6 is 11.6 Å². The van der Waals surface area contributed by atoms with Crippen LogP contribution in [0.15, 0.2) is 12.1 Å². The second-order valence-corrected chi connectivity index (χ2v) is 4.40. The van der Waals surface area contributed by atoms with E-state index in [1.54, 1.807) is 0 Å². The van der Waals surface area contributed by atoms with Gasteiger partial charge in [-0.3, -0.25) is 4.79 Å². The molecular weight excluding hydrogens is 226 g/mol.